The fourth-order valence-electron chi connectivity index (χ4n) is 1.29. The van der Waals surface area contributed by atoms with Crippen molar-refractivity contribution in [2.75, 3.05) is 18.6 Å². The number of rotatable bonds is 4. The minimum Gasteiger partial charge on any atom is -0.450 e. The van der Waals surface area contributed by atoms with E-state index in [0.717, 1.165) is 4.47 Å². The third-order valence-corrected chi connectivity index (χ3v) is 2.59. The number of ether oxygens (including phenoxy) is 1. The molecule has 0 atom stereocenters. The van der Waals surface area contributed by atoms with Crippen LogP contribution in [0.1, 0.15) is 17.4 Å². The summed E-state index contributed by atoms with van der Waals surface area (Å²) in [6, 6.07) is 0. The van der Waals surface area contributed by atoms with Crippen LogP contribution in [0, 0.1) is 0 Å². The Morgan fingerprint density at radius 2 is 2.16 bits per heavy atom. The van der Waals surface area contributed by atoms with Gasteiger partial charge in [0, 0.05) is 19.4 Å². The summed E-state index contributed by atoms with van der Waals surface area (Å²) in [6.45, 7) is 2.22. The highest BCUT2D eigenvalue weighted by molar-refractivity contribution is 9.10. The highest BCUT2D eigenvalue weighted by Gasteiger charge is 2.20. The fraction of sp³-hybridized carbons (Fsp3) is 0.273. The number of hydrogen-bond donors (Lipinski definition) is 0. The molecule has 0 fully saturated rings. The second kappa shape index (κ2) is 5.79. The summed E-state index contributed by atoms with van der Waals surface area (Å²) in [6.07, 6.45) is 4.42. The van der Waals surface area contributed by atoms with Gasteiger partial charge in [0.05, 0.1) is 11.1 Å². The standard InChI is InChI=1S/C11H11BrN4O3/c1-3-18-11-15-8(6-19-11)9(17)16(2)10-13-4-7(12)5-14-10/h4-6H,3H2,1-2H3. The maximum atomic E-state index is 12.1. The fourth-order valence-corrected chi connectivity index (χ4v) is 1.49. The van der Waals surface area contributed by atoms with E-state index in [1.165, 1.54) is 11.2 Å². The number of oxazole rings is 1. The molecule has 0 aliphatic heterocycles. The Labute approximate surface area is 117 Å². The Hall–Kier alpha value is -1.96. The van der Waals surface area contributed by atoms with Crippen molar-refractivity contribution in [2.24, 2.45) is 0 Å². The van der Waals surface area contributed by atoms with E-state index in [9.17, 15) is 4.79 Å². The number of amides is 1. The zero-order valence-corrected chi connectivity index (χ0v) is 11.9. The van der Waals surface area contributed by atoms with E-state index in [0.29, 0.717) is 6.61 Å². The lowest BCUT2D eigenvalue weighted by Crippen LogP contribution is -2.28. The van der Waals surface area contributed by atoms with Crippen molar-refractivity contribution >= 4 is 27.8 Å². The number of halogens is 1. The van der Waals surface area contributed by atoms with Crippen LogP contribution in [0.25, 0.3) is 0 Å². The highest BCUT2D eigenvalue weighted by Crippen LogP contribution is 2.15. The average Bonchev–Trinajstić information content (AvgIpc) is 2.87. The Morgan fingerprint density at radius 1 is 1.47 bits per heavy atom. The second-order valence-electron chi connectivity index (χ2n) is 3.50. The highest BCUT2D eigenvalue weighted by atomic mass is 79.9. The maximum Gasteiger partial charge on any atom is 0.394 e. The van der Waals surface area contributed by atoms with Crippen molar-refractivity contribution in [2.45, 2.75) is 6.92 Å². The molecule has 2 aromatic heterocycles. The number of hydrogen-bond acceptors (Lipinski definition) is 6. The summed E-state index contributed by atoms with van der Waals surface area (Å²) in [7, 11) is 1.56. The Bertz CT molecular complexity index is 570. The summed E-state index contributed by atoms with van der Waals surface area (Å²) in [4.78, 5) is 25.4. The Kier molecular flexibility index (Phi) is 4.10. The first kappa shape index (κ1) is 13.5. The first-order valence-corrected chi connectivity index (χ1v) is 6.25. The molecule has 0 saturated heterocycles. The van der Waals surface area contributed by atoms with E-state index < -0.39 is 0 Å². The molecule has 1 amide bonds. The smallest absolute Gasteiger partial charge is 0.394 e. The van der Waals surface area contributed by atoms with Crippen LogP contribution in [0.2, 0.25) is 0 Å². The van der Waals surface area contributed by atoms with Gasteiger partial charge in [-0.2, -0.15) is 4.98 Å². The van der Waals surface area contributed by atoms with E-state index in [1.54, 1.807) is 26.4 Å². The quantitative estimate of drug-likeness (QED) is 0.853. The molecule has 8 heteroatoms. The molecule has 19 heavy (non-hydrogen) atoms. The molecule has 0 saturated carbocycles. The van der Waals surface area contributed by atoms with Crippen LogP contribution in [0.5, 0.6) is 6.08 Å². The summed E-state index contributed by atoms with van der Waals surface area (Å²) in [5.74, 6) is -0.105. The van der Waals surface area contributed by atoms with Crippen LogP contribution in [0.3, 0.4) is 0 Å². The summed E-state index contributed by atoms with van der Waals surface area (Å²) < 4.78 is 10.8. The SMILES string of the molecule is CCOc1nc(C(=O)N(C)c2ncc(Br)cn2)co1. The third kappa shape index (κ3) is 3.08. The molecule has 2 rings (SSSR count). The zero-order valence-electron chi connectivity index (χ0n) is 10.3. The summed E-state index contributed by atoms with van der Waals surface area (Å²) in [5.41, 5.74) is 0.137. The lowest BCUT2D eigenvalue weighted by atomic mass is 10.4. The number of aromatic nitrogens is 3. The van der Waals surface area contributed by atoms with Gasteiger partial charge in [-0.1, -0.05) is 0 Å². The van der Waals surface area contributed by atoms with E-state index in [1.807, 2.05) is 0 Å². The molecule has 2 aromatic rings. The molecule has 0 radical (unpaired) electrons. The van der Waals surface area contributed by atoms with E-state index >= 15 is 0 Å². The van der Waals surface area contributed by atoms with Crippen LogP contribution >= 0.6 is 15.9 Å². The van der Waals surface area contributed by atoms with Gasteiger partial charge < -0.3 is 9.15 Å². The average molecular weight is 327 g/mol. The summed E-state index contributed by atoms with van der Waals surface area (Å²) >= 11 is 3.22. The molecule has 0 aliphatic rings. The number of nitrogens with zero attached hydrogens (tertiary/aromatic N) is 4. The van der Waals surface area contributed by atoms with Gasteiger partial charge in [-0.05, 0) is 22.9 Å². The first-order chi connectivity index (χ1) is 9.11. The maximum absolute atomic E-state index is 12.1. The predicted octanol–water partition coefficient (Wildman–Crippen LogP) is 1.90. The van der Waals surface area contributed by atoms with Crippen LogP contribution in [-0.4, -0.2) is 34.5 Å². The van der Waals surface area contributed by atoms with E-state index in [-0.39, 0.29) is 23.6 Å². The van der Waals surface area contributed by atoms with Gasteiger partial charge in [-0.3, -0.25) is 9.69 Å². The van der Waals surface area contributed by atoms with Gasteiger partial charge in [0.1, 0.15) is 6.26 Å². The summed E-state index contributed by atoms with van der Waals surface area (Å²) in [5, 5.41) is 0. The van der Waals surface area contributed by atoms with Gasteiger partial charge in [0.25, 0.3) is 5.91 Å². The first-order valence-electron chi connectivity index (χ1n) is 5.45. The minimum atomic E-state index is -0.378. The van der Waals surface area contributed by atoms with Gasteiger partial charge in [-0.25, -0.2) is 9.97 Å². The Morgan fingerprint density at radius 3 is 2.79 bits per heavy atom. The van der Waals surface area contributed by atoms with Gasteiger partial charge in [0.2, 0.25) is 5.95 Å². The number of carbonyl (C=O) groups is 1. The Balaban J connectivity index is 2.15. The minimum absolute atomic E-state index is 0.0657. The van der Waals surface area contributed by atoms with Gasteiger partial charge >= 0.3 is 6.08 Å². The molecule has 0 unspecified atom stereocenters. The van der Waals surface area contributed by atoms with E-state index in [4.69, 9.17) is 9.15 Å². The molecule has 0 aliphatic carbocycles. The van der Waals surface area contributed by atoms with E-state index in [2.05, 4.69) is 30.9 Å². The van der Waals surface area contributed by atoms with Crippen molar-refractivity contribution in [3.05, 3.63) is 28.8 Å². The molecular weight excluding hydrogens is 316 g/mol. The largest absolute Gasteiger partial charge is 0.450 e. The van der Waals surface area contributed by atoms with Crippen molar-refractivity contribution in [1.82, 2.24) is 15.0 Å². The molecule has 0 spiro atoms. The second-order valence-corrected chi connectivity index (χ2v) is 4.41. The monoisotopic (exact) mass is 326 g/mol. The van der Waals surface area contributed by atoms with Crippen molar-refractivity contribution in [3.63, 3.8) is 0 Å². The molecule has 0 bridgehead atoms. The van der Waals surface area contributed by atoms with Crippen molar-refractivity contribution in [3.8, 4) is 6.08 Å². The lowest BCUT2D eigenvalue weighted by Gasteiger charge is -2.12. The van der Waals surface area contributed by atoms with Crippen molar-refractivity contribution < 1.29 is 13.9 Å². The molecule has 7 nitrogen and oxygen atoms in total. The zero-order chi connectivity index (χ0) is 13.8. The molecule has 100 valence electrons. The molecule has 2 heterocycles. The predicted molar refractivity (Wildman–Crippen MR) is 70.1 cm³/mol. The number of anilines is 1. The van der Waals surface area contributed by atoms with Gasteiger partial charge in [0.15, 0.2) is 5.69 Å². The molecular formula is C11H11BrN4O3. The van der Waals surface area contributed by atoms with Crippen LogP contribution in [-0.2, 0) is 0 Å². The molecule has 0 aromatic carbocycles. The lowest BCUT2D eigenvalue weighted by molar-refractivity contribution is 0.0986. The third-order valence-electron chi connectivity index (χ3n) is 2.18. The van der Waals surface area contributed by atoms with Crippen LogP contribution < -0.4 is 9.64 Å². The van der Waals surface area contributed by atoms with Crippen LogP contribution in [0.15, 0.2) is 27.5 Å². The van der Waals surface area contributed by atoms with Gasteiger partial charge in [-0.15, -0.1) is 0 Å². The molecule has 0 N–H and O–H groups in total. The normalized spacial score (nSPS) is 10.3. The van der Waals surface area contributed by atoms with Crippen LogP contribution in [0.4, 0.5) is 5.95 Å². The number of carbonyl (C=O) groups excluding carboxylic acids is 1. The van der Waals surface area contributed by atoms with Crippen molar-refractivity contribution in [1.29, 1.82) is 0 Å². The topological polar surface area (TPSA) is 81.4 Å².